The van der Waals surface area contributed by atoms with Gasteiger partial charge >= 0.3 is 0 Å². The van der Waals surface area contributed by atoms with E-state index in [2.05, 4.69) is 55.4 Å². The van der Waals surface area contributed by atoms with Gasteiger partial charge in [-0.2, -0.15) is 0 Å². The lowest BCUT2D eigenvalue weighted by Crippen LogP contribution is -2.38. The van der Waals surface area contributed by atoms with Crippen LogP contribution in [0.5, 0.6) is 0 Å². The van der Waals surface area contributed by atoms with Crippen LogP contribution < -0.4 is 5.32 Å². The van der Waals surface area contributed by atoms with E-state index in [0.717, 1.165) is 13.1 Å². The second-order valence-electron chi connectivity index (χ2n) is 6.86. The minimum atomic E-state index is 0.381. The molecule has 0 amide bonds. The van der Waals surface area contributed by atoms with Crippen molar-refractivity contribution in [3.63, 3.8) is 0 Å². The molecule has 0 aliphatic rings. The molecule has 2 atom stereocenters. The lowest BCUT2D eigenvalue weighted by atomic mass is 9.75. The molecule has 0 fully saturated rings. The van der Waals surface area contributed by atoms with Gasteiger partial charge in [0.05, 0.1) is 0 Å². The molecule has 0 saturated carbocycles. The summed E-state index contributed by atoms with van der Waals surface area (Å²) in [4.78, 5) is 0. The molecule has 0 saturated heterocycles. The standard InChI is InChI=1S/C16H34N/c1-9-15(7,13(3)4)11-17-12-16(8,10-2)14(5)6/h13-14H,9-12H2,1-8H3. The maximum Gasteiger partial charge on any atom is 0.0189 e. The van der Waals surface area contributed by atoms with E-state index in [1.807, 2.05) is 0 Å². The van der Waals surface area contributed by atoms with Gasteiger partial charge in [-0.05, 0) is 35.5 Å². The Bertz CT molecular complexity index is 188. The average molecular weight is 240 g/mol. The quantitative estimate of drug-likeness (QED) is 0.582. The number of hydrogen-bond acceptors (Lipinski definition) is 0. The van der Waals surface area contributed by atoms with Crippen molar-refractivity contribution in [2.24, 2.45) is 22.7 Å². The molecule has 1 radical (unpaired) electrons. The van der Waals surface area contributed by atoms with E-state index >= 15 is 0 Å². The zero-order chi connectivity index (χ0) is 13.7. The second kappa shape index (κ2) is 6.78. The van der Waals surface area contributed by atoms with Gasteiger partial charge in [-0.3, -0.25) is 0 Å². The highest BCUT2D eigenvalue weighted by atomic mass is 14.9. The molecule has 0 aliphatic heterocycles. The normalized spacial score (nSPS) is 19.4. The summed E-state index contributed by atoms with van der Waals surface area (Å²) in [7, 11) is 0. The van der Waals surface area contributed by atoms with Crippen LogP contribution in [-0.4, -0.2) is 13.1 Å². The summed E-state index contributed by atoms with van der Waals surface area (Å²) in [5.41, 5.74) is 0.761. The van der Waals surface area contributed by atoms with Crippen molar-refractivity contribution in [3.8, 4) is 0 Å². The molecule has 2 unspecified atom stereocenters. The minimum absolute atomic E-state index is 0.381. The van der Waals surface area contributed by atoms with Gasteiger partial charge < -0.3 is 0 Å². The molecule has 0 rings (SSSR count). The lowest BCUT2D eigenvalue weighted by molar-refractivity contribution is 0.157. The van der Waals surface area contributed by atoms with Gasteiger partial charge in [-0.1, -0.05) is 55.4 Å². The molecule has 1 heteroatoms. The zero-order valence-corrected chi connectivity index (χ0v) is 13.4. The molecule has 0 heterocycles. The smallest absolute Gasteiger partial charge is 0.0189 e. The van der Waals surface area contributed by atoms with E-state index in [4.69, 9.17) is 5.32 Å². The fourth-order valence-electron chi connectivity index (χ4n) is 1.97. The van der Waals surface area contributed by atoms with Crippen molar-refractivity contribution in [1.82, 2.24) is 5.32 Å². The van der Waals surface area contributed by atoms with E-state index in [1.54, 1.807) is 0 Å². The van der Waals surface area contributed by atoms with Crippen LogP contribution in [0.15, 0.2) is 0 Å². The van der Waals surface area contributed by atoms with Crippen molar-refractivity contribution >= 4 is 0 Å². The largest absolute Gasteiger partial charge is 0.241 e. The predicted molar refractivity (Wildman–Crippen MR) is 78.3 cm³/mol. The fraction of sp³-hybridized carbons (Fsp3) is 1.00. The summed E-state index contributed by atoms with van der Waals surface area (Å²) in [6.45, 7) is 20.6. The maximum atomic E-state index is 4.90. The van der Waals surface area contributed by atoms with Crippen molar-refractivity contribution < 1.29 is 0 Å². The van der Waals surface area contributed by atoms with Crippen molar-refractivity contribution in [2.75, 3.05) is 13.1 Å². The van der Waals surface area contributed by atoms with E-state index in [1.165, 1.54) is 12.8 Å². The van der Waals surface area contributed by atoms with Crippen LogP contribution in [0, 0.1) is 22.7 Å². The highest BCUT2D eigenvalue weighted by Crippen LogP contribution is 2.33. The van der Waals surface area contributed by atoms with E-state index in [-0.39, 0.29) is 0 Å². The Morgan fingerprint density at radius 1 is 0.765 bits per heavy atom. The molecule has 1 nitrogen and oxygen atoms in total. The minimum Gasteiger partial charge on any atom is -0.241 e. The molecule has 0 aromatic carbocycles. The molecule has 0 aliphatic carbocycles. The molecular weight excluding hydrogens is 206 g/mol. The molecule has 0 N–H and O–H groups in total. The zero-order valence-electron chi connectivity index (χ0n) is 13.4. The first kappa shape index (κ1) is 17.0. The van der Waals surface area contributed by atoms with E-state index < -0.39 is 0 Å². The Balaban J connectivity index is 4.30. The highest BCUT2D eigenvalue weighted by Gasteiger charge is 2.30. The molecule has 0 aromatic rings. The molecular formula is C16H34N. The van der Waals surface area contributed by atoms with Crippen LogP contribution in [0.1, 0.15) is 68.2 Å². The third-order valence-corrected chi connectivity index (χ3v) is 5.35. The summed E-state index contributed by atoms with van der Waals surface area (Å²) < 4.78 is 0. The maximum absolute atomic E-state index is 4.90. The Hall–Kier alpha value is -0.0400. The van der Waals surface area contributed by atoms with Gasteiger partial charge in [0.2, 0.25) is 0 Å². The summed E-state index contributed by atoms with van der Waals surface area (Å²) in [5.74, 6) is 1.42. The van der Waals surface area contributed by atoms with Gasteiger partial charge in [0, 0.05) is 13.1 Å². The van der Waals surface area contributed by atoms with Crippen molar-refractivity contribution in [1.29, 1.82) is 0 Å². The summed E-state index contributed by atoms with van der Waals surface area (Å²) in [5, 5.41) is 4.90. The Morgan fingerprint density at radius 2 is 1.06 bits per heavy atom. The van der Waals surface area contributed by atoms with Crippen LogP contribution in [0.2, 0.25) is 0 Å². The fourth-order valence-corrected chi connectivity index (χ4v) is 1.97. The second-order valence-corrected chi connectivity index (χ2v) is 6.86. The third-order valence-electron chi connectivity index (χ3n) is 5.35. The number of hydrogen-bond donors (Lipinski definition) is 0. The van der Waals surface area contributed by atoms with Gasteiger partial charge in [0.25, 0.3) is 0 Å². The predicted octanol–water partition coefficient (Wildman–Crippen LogP) is 4.74. The van der Waals surface area contributed by atoms with E-state index in [9.17, 15) is 0 Å². The monoisotopic (exact) mass is 240 g/mol. The number of rotatable bonds is 8. The Labute approximate surface area is 110 Å². The summed E-state index contributed by atoms with van der Waals surface area (Å²) in [6, 6.07) is 0. The molecule has 103 valence electrons. The average Bonchev–Trinajstić information content (AvgIpc) is 2.27. The summed E-state index contributed by atoms with van der Waals surface area (Å²) in [6.07, 6.45) is 2.44. The van der Waals surface area contributed by atoms with Crippen LogP contribution >= 0.6 is 0 Å². The topological polar surface area (TPSA) is 14.1 Å². The Kier molecular flexibility index (Phi) is 6.76. The first-order valence-electron chi connectivity index (χ1n) is 7.35. The third kappa shape index (κ3) is 4.62. The van der Waals surface area contributed by atoms with E-state index in [0.29, 0.717) is 22.7 Å². The lowest BCUT2D eigenvalue weighted by Gasteiger charge is -2.36. The van der Waals surface area contributed by atoms with Crippen LogP contribution in [0.25, 0.3) is 0 Å². The van der Waals surface area contributed by atoms with Crippen molar-refractivity contribution in [2.45, 2.75) is 68.2 Å². The SMILES string of the molecule is CCC(C)(C[N]CC(C)(CC)C(C)C)C(C)C. The van der Waals surface area contributed by atoms with Crippen molar-refractivity contribution in [3.05, 3.63) is 0 Å². The Morgan fingerprint density at radius 3 is 1.24 bits per heavy atom. The molecule has 0 spiro atoms. The first-order chi connectivity index (χ1) is 7.72. The highest BCUT2D eigenvalue weighted by molar-refractivity contribution is 4.83. The first-order valence-corrected chi connectivity index (χ1v) is 7.35. The van der Waals surface area contributed by atoms with Gasteiger partial charge in [-0.15, -0.1) is 0 Å². The number of nitrogens with zero attached hydrogens (tertiary/aromatic N) is 1. The van der Waals surface area contributed by atoms with Crippen LogP contribution in [0.4, 0.5) is 0 Å². The molecule has 0 bridgehead atoms. The van der Waals surface area contributed by atoms with Gasteiger partial charge in [-0.25, -0.2) is 5.32 Å². The molecule has 0 aromatic heterocycles. The van der Waals surface area contributed by atoms with Crippen LogP contribution in [0.3, 0.4) is 0 Å². The van der Waals surface area contributed by atoms with Gasteiger partial charge in [0.1, 0.15) is 0 Å². The summed E-state index contributed by atoms with van der Waals surface area (Å²) >= 11 is 0. The van der Waals surface area contributed by atoms with Gasteiger partial charge in [0.15, 0.2) is 0 Å². The molecule has 17 heavy (non-hydrogen) atoms. The van der Waals surface area contributed by atoms with Crippen LogP contribution in [-0.2, 0) is 0 Å².